The summed E-state index contributed by atoms with van der Waals surface area (Å²) in [4.78, 5) is 23.4. The molecule has 4 heteroatoms. The van der Waals surface area contributed by atoms with Crippen molar-refractivity contribution in [3.05, 3.63) is 42.0 Å². The number of carboxylic acids is 1. The van der Waals surface area contributed by atoms with Crippen LogP contribution in [0.2, 0.25) is 0 Å². The summed E-state index contributed by atoms with van der Waals surface area (Å²) in [6.07, 6.45) is 4.60. The highest BCUT2D eigenvalue weighted by Gasteiger charge is 2.33. The van der Waals surface area contributed by atoms with Crippen LogP contribution < -0.4 is 5.32 Å². The van der Waals surface area contributed by atoms with Crippen molar-refractivity contribution in [2.75, 3.05) is 5.32 Å². The number of hydrogen-bond acceptors (Lipinski definition) is 2. The number of nitrogens with one attached hydrogen (secondary N) is 1. The van der Waals surface area contributed by atoms with E-state index in [0.717, 1.165) is 11.3 Å². The molecule has 1 aliphatic rings. The number of amides is 1. The zero-order chi connectivity index (χ0) is 13.8. The lowest BCUT2D eigenvalue weighted by Gasteiger charge is -2.24. The lowest BCUT2D eigenvalue weighted by atomic mass is 9.82. The van der Waals surface area contributed by atoms with Crippen LogP contribution >= 0.6 is 0 Å². The fourth-order valence-corrected chi connectivity index (χ4v) is 2.32. The average Bonchev–Trinajstić information content (AvgIpc) is 2.41. The summed E-state index contributed by atoms with van der Waals surface area (Å²) in [7, 11) is 0. The molecule has 2 N–H and O–H groups in total. The summed E-state index contributed by atoms with van der Waals surface area (Å²) >= 11 is 0. The number of aryl methyl sites for hydroxylation is 1. The fraction of sp³-hybridized carbons (Fsp3) is 0.333. The van der Waals surface area contributed by atoms with Crippen LogP contribution in [0.3, 0.4) is 0 Å². The molecule has 2 atom stereocenters. The third kappa shape index (κ3) is 3.02. The molecule has 0 aromatic heterocycles. The van der Waals surface area contributed by atoms with E-state index in [-0.39, 0.29) is 5.91 Å². The van der Waals surface area contributed by atoms with E-state index in [2.05, 4.69) is 5.32 Å². The molecule has 0 bridgehead atoms. The van der Waals surface area contributed by atoms with Crippen molar-refractivity contribution < 1.29 is 14.7 Å². The lowest BCUT2D eigenvalue weighted by molar-refractivity contribution is -0.146. The van der Waals surface area contributed by atoms with E-state index >= 15 is 0 Å². The topological polar surface area (TPSA) is 66.4 Å². The Morgan fingerprint density at radius 3 is 2.42 bits per heavy atom. The Morgan fingerprint density at radius 2 is 1.79 bits per heavy atom. The maximum Gasteiger partial charge on any atom is 0.307 e. The van der Waals surface area contributed by atoms with Gasteiger partial charge in [0, 0.05) is 5.69 Å². The Hall–Kier alpha value is -2.10. The van der Waals surface area contributed by atoms with Gasteiger partial charge in [0.1, 0.15) is 0 Å². The van der Waals surface area contributed by atoms with Gasteiger partial charge in [-0.2, -0.15) is 0 Å². The van der Waals surface area contributed by atoms with Gasteiger partial charge in [-0.3, -0.25) is 9.59 Å². The van der Waals surface area contributed by atoms with Crippen molar-refractivity contribution in [1.82, 2.24) is 0 Å². The average molecular weight is 259 g/mol. The highest BCUT2D eigenvalue weighted by molar-refractivity contribution is 5.96. The Bertz CT molecular complexity index is 522. The fourth-order valence-electron chi connectivity index (χ4n) is 2.32. The lowest BCUT2D eigenvalue weighted by Crippen LogP contribution is -2.34. The smallest absolute Gasteiger partial charge is 0.307 e. The molecule has 0 unspecified atom stereocenters. The molecular weight excluding hydrogens is 242 g/mol. The van der Waals surface area contributed by atoms with Crippen LogP contribution in [0.4, 0.5) is 5.69 Å². The van der Waals surface area contributed by atoms with E-state index in [9.17, 15) is 9.59 Å². The third-order valence-corrected chi connectivity index (χ3v) is 3.49. The molecular formula is C15H17NO3. The normalized spacial score (nSPS) is 21.9. The molecule has 100 valence electrons. The number of allylic oxidation sites excluding steroid dienone is 2. The summed E-state index contributed by atoms with van der Waals surface area (Å²) in [6, 6.07) is 7.47. The van der Waals surface area contributed by atoms with Crippen LogP contribution in [-0.4, -0.2) is 17.0 Å². The highest BCUT2D eigenvalue weighted by atomic mass is 16.4. The monoisotopic (exact) mass is 259 g/mol. The maximum absolute atomic E-state index is 12.2. The van der Waals surface area contributed by atoms with Gasteiger partial charge in [0.2, 0.25) is 5.91 Å². The van der Waals surface area contributed by atoms with Crippen molar-refractivity contribution in [2.45, 2.75) is 19.8 Å². The van der Waals surface area contributed by atoms with E-state index in [4.69, 9.17) is 5.11 Å². The molecule has 1 amide bonds. The predicted octanol–water partition coefficient (Wildman–Crippen LogP) is 2.60. The molecule has 0 saturated carbocycles. The molecule has 0 spiro atoms. The number of carbonyl (C=O) groups excluding carboxylic acids is 1. The number of anilines is 1. The molecule has 0 radical (unpaired) electrons. The van der Waals surface area contributed by atoms with Crippen LogP contribution in [0.15, 0.2) is 36.4 Å². The van der Waals surface area contributed by atoms with Crippen molar-refractivity contribution in [2.24, 2.45) is 11.8 Å². The van der Waals surface area contributed by atoms with E-state index in [1.165, 1.54) is 0 Å². The highest BCUT2D eigenvalue weighted by Crippen LogP contribution is 2.27. The summed E-state index contributed by atoms with van der Waals surface area (Å²) in [5.41, 5.74) is 1.71. The minimum absolute atomic E-state index is 0.217. The second-order valence-electron chi connectivity index (χ2n) is 4.80. The summed E-state index contributed by atoms with van der Waals surface area (Å²) in [5, 5.41) is 12.0. The number of carbonyl (C=O) groups is 2. The van der Waals surface area contributed by atoms with Crippen LogP contribution in [0.5, 0.6) is 0 Å². The number of para-hydroxylation sites is 1. The van der Waals surface area contributed by atoms with Gasteiger partial charge < -0.3 is 10.4 Å². The molecule has 0 aliphatic heterocycles. The Labute approximate surface area is 112 Å². The molecule has 19 heavy (non-hydrogen) atoms. The standard InChI is InChI=1S/C15H17NO3/c1-10-6-2-5-9-13(10)16-14(17)11-7-3-4-8-12(11)15(18)19/h2-6,9,11-12H,7-8H2,1H3,(H,16,17)(H,18,19)/t11-,12+/m0/s1. The van der Waals surface area contributed by atoms with Gasteiger partial charge in [0.25, 0.3) is 0 Å². The van der Waals surface area contributed by atoms with Crippen molar-refractivity contribution in [1.29, 1.82) is 0 Å². The Balaban J connectivity index is 2.13. The van der Waals surface area contributed by atoms with Gasteiger partial charge in [0.05, 0.1) is 11.8 Å². The van der Waals surface area contributed by atoms with Gasteiger partial charge in [-0.05, 0) is 31.4 Å². The van der Waals surface area contributed by atoms with Crippen molar-refractivity contribution in [3.63, 3.8) is 0 Å². The van der Waals surface area contributed by atoms with Gasteiger partial charge in [-0.25, -0.2) is 0 Å². The number of rotatable bonds is 3. The third-order valence-electron chi connectivity index (χ3n) is 3.49. The predicted molar refractivity (Wildman–Crippen MR) is 72.8 cm³/mol. The van der Waals surface area contributed by atoms with Gasteiger partial charge in [-0.1, -0.05) is 30.4 Å². The van der Waals surface area contributed by atoms with Crippen LogP contribution in [0.1, 0.15) is 18.4 Å². The second kappa shape index (κ2) is 5.69. The Kier molecular flexibility index (Phi) is 4.00. The first-order valence-corrected chi connectivity index (χ1v) is 6.34. The quantitative estimate of drug-likeness (QED) is 0.820. The summed E-state index contributed by atoms with van der Waals surface area (Å²) in [5.74, 6) is -2.25. The van der Waals surface area contributed by atoms with Gasteiger partial charge in [-0.15, -0.1) is 0 Å². The summed E-state index contributed by atoms with van der Waals surface area (Å²) in [6.45, 7) is 1.91. The maximum atomic E-state index is 12.2. The van der Waals surface area contributed by atoms with Crippen molar-refractivity contribution >= 4 is 17.6 Å². The minimum atomic E-state index is -0.908. The first-order valence-electron chi connectivity index (χ1n) is 6.34. The minimum Gasteiger partial charge on any atom is -0.481 e. The molecule has 1 aromatic carbocycles. The first kappa shape index (κ1) is 13.3. The second-order valence-corrected chi connectivity index (χ2v) is 4.80. The number of aliphatic carboxylic acids is 1. The molecule has 0 saturated heterocycles. The van der Waals surface area contributed by atoms with Crippen molar-refractivity contribution in [3.8, 4) is 0 Å². The number of carboxylic acid groups (broad SMARTS) is 1. The zero-order valence-electron chi connectivity index (χ0n) is 10.8. The van der Waals surface area contributed by atoms with E-state index in [1.54, 1.807) is 0 Å². The van der Waals surface area contributed by atoms with E-state index in [0.29, 0.717) is 12.8 Å². The van der Waals surface area contributed by atoms with E-state index in [1.807, 2.05) is 43.3 Å². The largest absolute Gasteiger partial charge is 0.481 e. The molecule has 0 fully saturated rings. The van der Waals surface area contributed by atoms with Crippen LogP contribution in [0, 0.1) is 18.8 Å². The molecule has 1 aliphatic carbocycles. The SMILES string of the molecule is Cc1ccccc1NC(=O)[C@H]1CC=CC[C@H]1C(=O)O. The molecule has 4 nitrogen and oxygen atoms in total. The van der Waals surface area contributed by atoms with Gasteiger partial charge >= 0.3 is 5.97 Å². The Morgan fingerprint density at radius 1 is 1.16 bits per heavy atom. The molecule has 1 aromatic rings. The van der Waals surface area contributed by atoms with Crippen LogP contribution in [-0.2, 0) is 9.59 Å². The molecule has 0 heterocycles. The van der Waals surface area contributed by atoms with Crippen LogP contribution in [0.25, 0.3) is 0 Å². The van der Waals surface area contributed by atoms with Gasteiger partial charge in [0.15, 0.2) is 0 Å². The number of hydrogen-bond donors (Lipinski definition) is 2. The zero-order valence-corrected chi connectivity index (χ0v) is 10.8. The first-order chi connectivity index (χ1) is 9.09. The summed E-state index contributed by atoms with van der Waals surface area (Å²) < 4.78 is 0. The van der Waals surface area contributed by atoms with E-state index < -0.39 is 17.8 Å². The number of benzene rings is 1. The molecule has 2 rings (SSSR count).